The van der Waals surface area contributed by atoms with E-state index >= 15 is 0 Å². The Labute approximate surface area is 131 Å². The number of nitrogens with one attached hydrogen (secondary N) is 1. The second-order valence-corrected chi connectivity index (χ2v) is 5.31. The molecule has 1 aromatic carbocycles. The summed E-state index contributed by atoms with van der Waals surface area (Å²) in [7, 11) is 1.36. The highest BCUT2D eigenvalue weighted by molar-refractivity contribution is 6.32. The van der Waals surface area contributed by atoms with E-state index < -0.39 is 0 Å². The number of methoxy groups -OCH3 is 1. The van der Waals surface area contributed by atoms with Crippen molar-refractivity contribution in [3.8, 4) is 6.07 Å². The van der Waals surface area contributed by atoms with E-state index in [0.29, 0.717) is 17.0 Å². The predicted octanol–water partition coefficient (Wildman–Crippen LogP) is 3.35. The van der Waals surface area contributed by atoms with E-state index in [4.69, 9.17) is 11.6 Å². The third-order valence-corrected chi connectivity index (χ3v) is 3.82. The maximum atomic E-state index is 11.4. The summed E-state index contributed by atoms with van der Waals surface area (Å²) in [6.07, 6.45) is 2.19. The van der Waals surface area contributed by atoms with Crippen molar-refractivity contribution in [2.24, 2.45) is 0 Å². The molecular formula is C16H12ClN3O2. The van der Waals surface area contributed by atoms with E-state index in [9.17, 15) is 10.1 Å². The first-order valence-electron chi connectivity index (χ1n) is 6.69. The lowest BCUT2D eigenvalue weighted by molar-refractivity contribution is -0.140. The Morgan fingerprint density at radius 3 is 3.05 bits per heavy atom. The Morgan fingerprint density at radius 2 is 2.32 bits per heavy atom. The smallest absolute Gasteiger partial charge is 0.305 e. The van der Waals surface area contributed by atoms with Crippen molar-refractivity contribution in [3.63, 3.8) is 0 Å². The van der Waals surface area contributed by atoms with Gasteiger partial charge in [0.2, 0.25) is 0 Å². The zero-order valence-corrected chi connectivity index (χ0v) is 12.6. The van der Waals surface area contributed by atoms with Crippen LogP contribution in [0.4, 0.5) is 0 Å². The van der Waals surface area contributed by atoms with Crippen molar-refractivity contribution in [1.29, 1.82) is 5.26 Å². The molecule has 110 valence electrons. The minimum Gasteiger partial charge on any atom is -0.469 e. The monoisotopic (exact) mass is 313 g/mol. The number of aryl methyl sites for hydroxylation is 1. The number of rotatable bonds is 3. The maximum absolute atomic E-state index is 11.4. The minimum atomic E-state index is -0.294. The number of aromatic nitrogens is 2. The van der Waals surface area contributed by atoms with Crippen LogP contribution in [0.5, 0.6) is 0 Å². The van der Waals surface area contributed by atoms with Crippen molar-refractivity contribution >= 4 is 39.4 Å². The predicted molar refractivity (Wildman–Crippen MR) is 83.7 cm³/mol. The highest BCUT2D eigenvalue weighted by atomic mass is 35.5. The van der Waals surface area contributed by atoms with Crippen molar-refractivity contribution < 1.29 is 9.53 Å². The van der Waals surface area contributed by atoms with E-state index in [0.717, 1.165) is 27.5 Å². The molecule has 0 aliphatic rings. The maximum Gasteiger partial charge on any atom is 0.305 e. The van der Waals surface area contributed by atoms with Crippen LogP contribution in [0, 0.1) is 11.3 Å². The zero-order valence-electron chi connectivity index (χ0n) is 11.8. The Kier molecular flexibility index (Phi) is 3.70. The molecule has 0 amide bonds. The topological polar surface area (TPSA) is 78.8 Å². The molecule has 22 heavy (non-hydrogen) atoms. The minimum absolute atomic E-state index is 0.234. The number of nitrogens with zero attached hydrogens (tertiary/aromatic N) is 2. The van der Waals surface area contributed by atoms with Crippen LogP contribution in [0.25, 0.3) is 21.8 Å². The molecule has 5 nitrogen and oxygen atoms in total. The number of carbonyl (C=O) groups is 1. The van der Waals surface area contributed by atoms with Crippen LogP contribution in [0.1, 0.15) is 17.7 Å². The molecule has 0 unspecified atom stereocenters. The summed E-state index contributed by atoms with van der Waals surface area (Å²) in [4.78, 5) is 18.9. The van der Waals surface area contributed by atoms with Crippen LogP contribution < -0.4 is 0 Å². The molecule has 6 heteroatoms. The van der Waals surface area contributed by atoms with Gasteiger partial charge < -0.3 is 9.72 Å². The van der Waals surface area contributed by atoms with Gasteiger partial charge in [-0.25, -0.2) is 0 Å². The average molecular weight is 314 g/mol. The zero-order chi connectivity index (χ0) is 15.7. The third kappa shape index (κ3) is 2.38. The number of pyridine rings is 1. The average Bonchev–Trinajstić information content (AvgIpc) is 2.91. The normalized spacial score (nSPS) is 10.8. The number of aromatic amines is 1. The van der Waals surface area contributed by atoms with E-state index in [1.165, 1.54) is 13.3 Å². The van der Waals surface area contributed by atoms with Gasteiger partial charge in [0, 0.05) is 33.9 Å². The first-order valence-corrected chi connectivity index (χ1v) is 7.07. The summed E-state index contributed by atoms with van der Waals surface area (Å²) in [5.74, 6) is -0.294. The molecule has 0 saturated heterocycles. The molecule has 3 aromatic rings. The SMILES string of the molecule is COC(=O)CCc1ncc(C#N)c2[nH]c3ccc(Cl)cc3c12. The van der Waals surface area contributed by atoms with Crippen molar-refractivity contribution in [1.82, 2.24) is 9.97 Å². The number of carbonyl (C=O) groups excluding carboxylic acids is 1. The van der Waals surface area contributed by atoms with E-state index in [1.807, 2.05) is 12.1 Å². The summed E-state index contributed by atoms with van der Waals surface area (Å²) >= 11 is 6.08. The summed E-state index contributed by atoms with van der Waals surface area (Å²) in [5.41, 5.74) is 2.80. The summed E-state index contributed by atoms with van der Waals surface area (Å²) in [6.45, 7) is 0. The molecule has 3 rings (SSSR count). The molecule has 0 atom stereocenters. The standard InChI is InChI=1S/C16H12ClN3O2/c1-22-14(21)5-4-13-15-11-6-10(17)2-3-12(11)20-16(15)9(7-18)8-19-13/h2-3,6,8,20H,4-5H2,1H3. The largest absolute Gasteiger partial charge is 0.469 e. The van der Waals surface area contributed by atoms with Crippen LogP contribution in [0.2, 0.25) is 5.02 Å². The van der Waals surface area contributed by atoms with Crippen LogP contribution in [0.15, 0.2) is 24.4 Å². The van der Waals surface area contributed by atoms with Gasteiger partial charge in [0.1, 0.15) is 6.07 Å². The molecule has 0 spiro atoms. The molecule has 2 aromatic heterocycles. The Bertz CT molecular complexity index is 924. The van der Waals surface area contributed by atoms with Crippen molar-refractivity contribution in [3.05, 3.63) is 40.7 Å². The highest BCUT2D eigenvalue weighted by Crippen LogP contribution is 2.31. The van der Waals surface area contributed by atoms with Crippen LogP contribution in [-0.2, 0) is 16.0 Å². The Morgan fingerprint density at radius 1 is 1.50 bits per heavy atom. The summed E-state index contributed by atoms with van der Waals surface area (Å²) < 4.78 is 4.67. The van der Waals surface area contributed by atoms with E-state index in [1.54, 1.807) is 6.07 Å². The molecule has 2 heterocycles. The Hall–Kier alpha value is -2.58. The second-order valence-electron chi connectivity index (χ2n) is 4.87. The number of ether oxygens (including phenoxy) is 1. The van der Waals surface area contributed by atoms with Crippen molar-refractivity contribution in [2.45, 2.75) is 12.8 Å². The number of nitriles is 1. The molecule has 0 aliphatic carbocycles. The fourth-order valence-corrected chi connectivity index (χ4v) is 2.71. The second kappa shape index (κ2) is 5.66. The van der Waals surface area contributed by atoms with Gasteiger partial charge in [-0.15, -0.1) is 0 Å². The lowest BCUT2D eigenvalue weighted by atomic mass is 10.1. The first kappa shape index (κ1) is 14.4. The summed E-state index contributed by atoms with van der Waals surface area (Å²) in [6, 6.07) is 7.61. The quantitative estimate of drug-likeness (QED) is 0.752. The fraction of sp³-hybridized carbons (Fsp3) is 0.188. The van der Waals surface area contributed by atoms with Crippen LogP contribution in [-0.4, -0.2) is 23.0 Å². The van der Waals surface area contributed by atoms with E-state index in [2.05, 4.69) is 20.8 Å². The molecule has 1 N–H and O–H groups in total. The van der Waals surface area contributed by atoms with Crippen LogP contribution in [0.3, 0.4) is 0 Å². The fourth-order valence-electron chi connectivity index (χ4n) is 2.53. The summed E-state index contributed by atoms with van der Waals surface area (Å²) in [5, 5.41) is 11.6. The van der Waals surface area contributed by atoms with Crippen LogP contribution >= 0.6 is 11.6 Å². The number of hydrogen-bond donors (Lipinski definition) is 1. The molecule has 0 fully saturated rings. The third-order valence-electron chi connectivity index (χ3n) is 3.58. The lowest BCUT2D eigenvalue weighted by Crippen LogP contribution is -2.03. The molecule has 0 bridgehead atoms. The van der Waals surface area contributed by atoms with Gasteiger partial charge in [-0.05, 0) is 18.2 Å². The van der Waals surface area contributed by atoms with Gasteiger partial charge in [0.25, 0.3) is 0 Å². The molecule has 0 aliphatic heterocycles. The van der Waals surface area contributed by atoms with Gasteiger partial charge in [0.15, 0.2) is 0 Å². The van der Waals surface area contributed by atoms with E-state index in [-0.39, 0.29) is 12.4 Å². The number of H-pyrrole nitrogens is 1. The lowest BCUT2D eigenvalue weighted by Gasteiger charge is -2.04. The van der Waals surface area contributed by atoms with Gasteiger partial charge in [-0.2, -0.15) is 5.26 Å². The van der Waals surface area contributed by atoms with Gasteiger partial charge in [0.05, 0.1) is 30.3 Å². The van der Waals surface area contributed by atoms with Gasteiger partial charge in [-0.3, -0.25) is 9.78 Å². The van der Waals surface area contributed by atoms with Gasteiger partial charge >= 0.3 is 5.97 Å². The number of esters is 1. The number of fused-ring (bicyclic) bond motifs is 3. The number of hydrogen-bond acceptors (Lipinski definition) is 4. The van der Waals surface area contributed by atoms with Crippen molar-refractivity contribution in [2.75, 3.05) is 7.11 Å². The Balaban J connectivity index is 2.24. The molecular weight excluding hydrogens is 302 g/mol. The highest BCUT2D eigenvalue weighted by Gasteiger charge is 2.15. The molecule has 0 saturated carbocycles. The first-order chi connectivity index (χ1) is 10.6. The van der Waals surface area contributed by atoms with Gasteiger partial charge in [-0.1, -0.05) is 11.6 Å². The molecule has 0 radical (unpaired) electrons. The number of halogens is 1. The number of benzene rings is 1.